The Labute approximate surface area is 136 Å². The van der Waals surface area contributed by atoms with Gasteiger partial charge in [-0.25, -0.2) is 0 Å². The smallest absolute Gasteiger partial charge is 0.220 e. The number of methoxy groups -OCH3 is 1. The molecule has 1 amide bonds. The zero-order chi connectivity index (χ0) is 16.5. The van der Waals surface area contributed by atoms with Crippen LogP contribution in [0.5, 0.6) is 5.75 Å². The second-order valence-corrected chi connectivity index (χ2v) is 5.24. The van der Waals surface area contributed by atoms with Crippen LogP contribution in [0, 0.1) is 0 Å². The maximum atomic E-state index is 11.9. The molecule has 0 bridgehead atoms. The molecule has 2 aromatic carbocycles. The standard InChI is InChI=1S/C19H21NO3/c1-23-17-9-7-15(8-10-17)13-14-20-19(22)12-11-18(21)16-5-3-2-4-6-16/h2-10H,11-14H2,1H3,(H,20,22). The first-order chi connectivity index (χ1) is 11.2. The molecule has 2 aromatic rings. The van der Waals surface area contributed by atoms with Gasteiger partial charge in [-0.05, 0) is 24.1 Å². The topological polar surface area (TPSA) is 55.4 Å². The number of ketones is 1. The second-order valence-electron chi connectivity index (χ2n) is 5.24. The molecule has 4 nitrogen and oxygen atoms in total. The minimum Gasteiger partial charge on any atom is -0.497 e. The summed E-state index contributed by atoms with van der Waals surface area (Å²) in [5, 5.41) is 2.84. The van der Waals surface area contributed by atoms with Gasteiger partial charge in [-0.2, -0.15) is 0 Å². The molecule has 0 radical (unpaired) electrons. The number of hydrogen-bond donors (Lipinski definition) is 1. The van der Waals surface area contributed by atoms with Crippen LogP contribution in [0.1, 0.15) is 28.8 Å². The van der Waals surface area contributed by atoms with Gasteiger partial charge in [0.15, 0.2) is 5.78 Å². The average Bonchev–Trinajstić information content (AvgIpc) is 2.61. The fourth-order valence-electron chi connectivity index (χ4n) is 2.22. The monoisotopic (exact) mass is 311 g/mol. The van der Waals surface area contributed by atoms with Crippen molar-refractivity contribution >= 4 is 11.7 Å². The first-order valence-corrected chi connectivity index (χ1v) is 7.67. The van der Waals surface area contributed by atoms with E-state index in [4.69, 9.17) is 4.74 Å². The summed E-state index contributed by atoms with van der Waals surface area (Å²) < 4.78 is 5.10. The van der Waals surface area contributed by atoms with Crippen molar-refractivity contribution in [1.82, 2.24) is 5.32 Å². The Morgan fingerprint density at radius 3 is 2.30 bits per heavy atom. The molecule has 0 saturated heterocycles. The first kappa shape index (κ1) is 16.7. The van der Waals surface area contributed by atoms with Crippen LogP contribution in [0.4, 0.5) is 0 Å². The second kappa shape index (κ2) is 8.73. The van der Waals surface area contributed by atoms with Gasteiger partial charge in [0.05, 0.1) is 7.11 Å². The number of carbonyl (C=O) groups is 2. The van der Waals surface area contributed by atoms with E-state index < -0.39 is 0 Å². The van der Waals surface area contributed by atoms with E-state index in [0.29, 0.717) is 12.1 Å². The predicted octanol–water partition coefficient (Wildman–Crippen LogP) is 3.02. The highest BCUT2D eigenvalue weighted by atomic mass is 16.5. The van der Waals surface area contributed by atoms with Crippen molar-refractivity contribution in [2.75, 3.05) is 13.7 Å². The average molecular weight is 311 g/mol. The molecule has 0 aliphatic carbocycles. The van der Waals surface area contributed by atoms with Crippen molar-refractivity contribution in [1.29, 1.82) is 0 Å². The molecule has 0 aliphatic rings. The number of benzene rings is 2. The molecule has 0 aliphatic heterocycles. The highest BCUT2D eigenvalue weighted by Crippen LogP contribution is 2.11. The van der Waals surface area contributed by atoms with Crippen molar-refractivity contribution in [3.8, 4) is 5.75 Å². The maximum Gasteiger partial charge on any atom is 0.220 e. The van der Waals surface area contributed by atoms with Crippen LogP contribution < -0.4 is 10.1 Å². The van der Waals surface area contributed by atoms with Gasteiger partial charge in [0.1, 0.15) is 5.75 Å². The Morgan fingerprint density at radius 1 is 0.957 bits per heavy atom. The molecule has 0 aromatic heterocycles. The summed E-state index contributed by atoms with van der Waals surface area (Å²) in [7, 11) is 1.63. The van der Waals surface area contributed by atoms with Crippen molar-refractivity contribution in [3.63, 3.8) is 0 Å². The fraction of sp³-hybridized carbons (Fsp3) is 0.263. The number of ether oxygens (including phenoxy) is 1. The van der Waals surface area contributed by atoms with Crippen molar-refractivity contribution in [3.05, 3.63) is 65.7 Å². The van der Waals surface area contributed by atoms with E-state index in [9.17, 15) is 9.59 Å². The number of Topliss-reactive ketones (excluding diaryl/α,β-unsaturated/α-hetero) is 1. The number of rotatable bonds is 8. The van der Waals surface area contributed by atoms with Crippen LogP contribution in [0.3, 0.4) is 0 Å². The van der Waals surface area contributed by atoms with E-state index in [1.807, 2.05) is 42.5 Å². The third kappa shape index (κ3) is 5.58. The lowest BCUT2D eigenvalue weighted by Crippen LogP contribution is -2.26. The zero-order valence-corrected chi connectivity index (χ0v) is 13.2. The third-order valence-electron chi connectivity index (χ3n) is 3.57. The number of hydrogen-bond acceptors (Lipinski definition) is 3. The molecular formula is C19H21NO3. The lowest BCUT2D eigenvalue weighted by Gasteiger charge is -2.06. The normalized spacial score (nSPS) is 10.1. The summed E-state index contributed by atoms with van der Waals surface area (Å²) >= 11 is 0. The van der Waals surface area contributed by atoms with Crippen LogP contribution in [0.2, 0.25) is 0 Å². The van der Waals surface area contributed by atoms with Gasteiger partial charge in [0.2, 0.25) is 5.91 Å². The lowest BCUT2D eigenvalue weighted by atomic mass is 10.1. The lowest BCUT2D eigenvalue weighted by molar-refractivity contribution is -0.121. The summed E-state index contributed by atoms with van der Waals surface area (Å²) in [6.45, 7) is 0.560. The molecule has 1 N–H and O–H groups in total. The molecule has 0 fully saturated rings. The van der Waals surface area contributed by atoms with E-state index in [1.165, 1.54) is 0 Å². The first-order valence-electron chi connectivity index (χ1n) is 7.67. The van der Waals surface area contributed by atoms with Crippen molar-refractivity contribution in [2.45, 2.75) is 19.3 Å². The van der Waals surface area contributed by atoms with E-state index >= 15 is 0 Å². The number of nitrogens with one attached hydrogen (secondary N) is 1. The maximum absolute atomic E-state index is 11.9. The Morgan fingerprint density at radius 2 is 1.65 bits per heavy atom. The van der Waals surface area contributed by atoms with E-state index in [-0.39, 0.29) is 24.5 Å². The number of carbonyl (C=O) groups excluding carboxylic acids is 2. The summed E-state index contributed by atoms with van der Waals surface area (Å²) in [4.78, 5) is 23.7. The fourth-order valence-corrected chi connectivity index (χ4v) is 2.22. The van der Waals surface area contributed by atoms with Crippen LogP contribution in [0.15, 0.2) is 54.6 Å². The van der Waals surface area contributed by atoms with Crippen LogP contribution in [0.25, 0.3) is 0 Å². The minimum atomic E-state index is -0.0946. The van der Waals surface area contributed by atoms with E-state index in [1.54, 1.807) is 19.2 Å². The van der Waals surface area contributed by atoms with Gasteiger partial charge >= 0.3 is 0 Å². The van der Waals surface area contributed by atoms with Gasteiger partial charge in [0, 0.05) is 24.9 Å². The third-order valence-corrected chi connectivity index (χ3v) is 3.57. The van der Waals surface area contributed by atoms with Gasteiger partial charge in [0.25, 0.3) is 0 Å². The van der Waals surface area contributed by atoms with Crippen LogP contribution >= 0.6 is 0 Å². The van der Waals surface area contributed by atoms with Crippen LogP contribution in [-0.4, -0.2) is 25.3 Å². The predicted molar refractivity (Wildman–Crippen MR) is 89.7 cm³/mol. The van der Waals surface area contributed by atoms with Gasteiger partial charge in [-0.1, -0.05) is 42.5 Å². The molecule has 4 heteroatoms. The summed E-state index contributed by atoms with van der Waals surface area (Å²) in [5.74, 6) is 0.718. The Hall–Kier alpha value is -2.62. The zero-order valence-electron chi connectivity index (χ0n) is 13.2. The highest BCUT2D eigenvalue weighted by molar-refractivity contribution is 5.97. The molecular weight excluding hydrogens is 290 g/mol. The quantitative estimate of drug-likeness (QED) is 0.762. The molecule has 120 valence electrons. The van der Waals surface area contributed by atoms with Crippen molar-refractivity contribution < 1.29 is 14.3 Å². The summed E-state index contributed by atoms with van der Waals surface area (Å²) in [6.07, 6.45) is 1.21. The Balaban J connectivity index is 1.67. The largest absolute Gasteiger partial charge is 0.497 e. The Bertz CT molecular complexity index is 635. The molecule has 23 heavy (non-hydrogen) atoms. The number of amides is 1. The van der Waals surface area contributed by atoms with Crippen molar-refractivity contribution in [2.24, 2.45) is 0 Å². The molecule has 0 saturated carbocycles. The summed E-state index contributed by atoms with van der Waals surface area (Å²) in [5.41, 5.74) is 1.78. The van der Waals surface area contributed by atoms with Gasteiger partial charge in [-0.15, -0.1) is 0 Å². The van der Waals surface area contributed by atoms with E-state index in [0.717, 1.165) is 17.7 Å². The van der Waals surface area contributed by atoms with Crippen LogP contribution in [-0.2, 0) is 11.2 Å². The molecule has 0 unspecified atom stereocenters. The van der Waals surface area contributed by atoms with E-state index in [2.05, 4.69) is 5.32 Å². The van der Waals surface area contributed by atoms with Gasteiger partial charge < -0.3 is 10.1 Å². The molecule has 0 spiro atoms. The SMILES string of the molecule is COc1ccc(CCNC(=O)CCC(=O)c2ccccc2)cc1. The highest BCUT2D eigenvalue weighted by Gasteiger charge is 2.08. The molecule has 0 heterocycles. The Kier molecular flexibility index (Phi) is 6.36. The summed E-state index contributed by atoms with van der Waals surface area (Å²) in [6, 6.07) is 16.8. The molecule has 0 atom stereocenters. The minimum absolute atomic E-state index is 0.00379. The van der Waals surface area contributed by atoms with Gasteiger partial charge in [-0.3, -0.25) is 9.59 Å². The molecule has 2 rings (SSSR count).